The second-order valence-corrected chi connectivity index (χ2v) is 15.5. The van der Waals surface area contributed by atoms with Gasteiger partial charge in [-0.1, -0.05) is 91.2 Å². The number of hydrogen-bond donors (Lipinski definition) is 0. The van der Waals surface area contributed by atoms with Crippen LogP contribution in [0.3, 0.4) is 0 Å². The van der Waals surface area contributed by atoms with Crippen molar-refractivity contribution in [1.82, 2.24) is 8.75 Å². The topological polar surface area (TPSA) is 25.8 Å². The number of unbranched alkanes of at least 4 members (excludes halogenated alkanes) is 2. The third-order valence-corrected chi connectivity index (χ3v) is 12.1. The predicted octanol–water partition coefficient (Wildman–Crippen LogP) is 12.2. The van der Waals surface area contributed by atoms with Crippen LogP contribution in [0, 0.1) is 11.8 Å². The highest BCUT2D eigenvalue weighted by atomic mass is 79.9. The van der Waals surface area contributed by atoms with Crippen molar-refractivity contribution in [2.75, 3.05) is 0 Å². The van der Waals surface area contributed by atoms with E-state index >= 15 is 0 Å². The lowest BCUT2D eigenvalue weighted by molar-refractivity contribution is 0.449. The van der Waals surface area contributed by atoms with Crippen molar-refractivity contribution in [2.45, 2.75) is 91.9 Å². The Morgan fingerprint density at radius 2 is 1.14 bits per heavy atom. The molecule has 0 aliphatic rings. The van der Waals surface area contributed by atoms with E-state index in [0.29, 0.717) is 0 Å². The fraction of sp³-hybridized carbons (Fsp3) is 0.533. The summed E-state index contributed by atoms with van der Waals surface area (Å²) in [7, 11) is 0. The van der Waals surface area contributed by atoms with Gasteiger partial charge in [0.05, 0.1) is 19.3 Å². The van der Waals surface area contributed by atoms with E-state index in [9.17, 15) is 0 Å². The Morgan fingerprint density at radius 1 is 0.703 bits per heavy atom. The van der Waals surface area contributed by atoms with Gasteiger partial charge < -0.3 is 0 Å². The molecule has 0 fully saturated rings. The molecule has 2 nitrogen and oxygen atoms in total. The minimum Gasteiger partial charge on any atom is -0.172 e. The monoisotopic (exact) mass is 680 g/mol. The lowest BCUT2D eigenvalue weighted by Gasteiger charge is -2.13. The molecule has 0 spiro atoms. The van der Waals surface area contributed by atoms with Gasteiger partial charge in [0, 0.05) is 20.9 Å². The van der Waals surface area contributed by atoms with Gasteiger partial charge in [-0.15, -0.1) is 22.7 Å². The van der Waals surface area contributed by atoms with Gasteiger partial charge in [0.2, 0.25) is 0 Å². The molecule has 0 aliphatic carbocycles. The number of benzene rings is 1. The lowest BCUT2D eigenvalue weighted by Crippen LogP contribution is -2.02. The first-order chi connectivity index (χ1) is 18.0. The quantitative estimate of drug-likeness (QED) is 0.132. The van der Waals surface area contributed by atoms with Crippen LogP contribution in [0.5, 0.6) is 0 Å². The van der Waals surface area contributed by atoms with Crippen LogP contribution in [-0.4, -0.2) is 8.75 Å². The van der Waals surface area contributed by atoms with E-state index in [4.69, 9.17) is 8.75 Å². The highest BCUT2D eigenvalue weighted by molar-refractivity contribution is 9.11. The van der Waals surface area contributed by atoms with Crippen LogP contribution in [0.2, 0.25) is 0 Å². The molecule has 200 valence electrons. The zero-order valence-electron chi connectivity index (χ0n) is 22.4. The van der Waals surface area contributed by atoms with Crippen molar-refractivity contribution in [3.63, 3.8) is 0 Å². The van der Waals surface area contributed by atoms with E-state index in [1.54, 1.807) is 0 Å². The van der Waals surface area contributed by atoms with Gasteiger partial charge in [-0.05, 0) is 79.8 Å². The van der Waals surface area contributed by atoms with Crippen molar-refractivity contribution < 1.29 is 0 Å². The summed E-state index contributed by atoms with van der Waals surface area (Å²) in [5, 5.41) is 0. The first kappa shape index (κ1) is 29.4. The maximum atomic E-state index is 4.78. The van der Waals surface area contributed by atoms with Crippen molar-refractivity contribution in [1.29, 1.82) is 0 Å². The minimum absolute atomic E-state index is 0.753. The highest BCUT2D eigenvalue weighted by Gasteiger charge is 2.20. The van der Waals surface area contributed by atoms with Crippen LogP contribution in [-0.2, 0) is 12.8 Å². The summed E-state index contributed by atoms with van der Waals surface area (Å²) in [4.78, 5) is 2.57. The molecule has 0 aliphatic heterocycles. The van der Waals surface area contributed by atoms with E-state index in [-0.39, 0.29) is 0 Å². The van der Waals surface area contributed by atoms with Gasteiger partial charge >= 0.3 is 0 Å². The molecule has 4 aromatic rings. The number of hydrogen-bond acceptors (Lipinski definition) is 5. The highest BCUT2D eigenvalue weighted by Crippen LogP contribution is 2.44. The van der Waals surface area contributed by atoms with Crippen molar-refractivity contribution >= 4 is 77.3 Å². The largest absolute Gasteiger partial charge is 0.172 e. The number of halogens is 2. The summed E-state index contributed by atoms with van der Waals surface area (Å²) < 4.78 is 12.1. The molecule has 0 saturated heterocycles. The zero-order valence-corrected chi connectivity index (χ0v) is 28.0. The Hall–Kier alpha value is -0.600. The van der Waals surface area contributed by atoms with Crippen LogP contribution < -0.4 is 0 Å². The summed E-state index contributed by atoms with van der Waals surface area (Å²) in [6, 6.07) is 9.30. The minimum atomic E-state index is 0.753. The molecule has 4 rings (SSSR count). The number of fused-ring (bicyclic) bond motifs is 1. The van der Waals surface area contributed by atoms with E-state index in [0.717, 1.165) is 35.7 Å². The third kappa shape index (κ3) is 7.13. The van der Waals surface area contributed by atoms with Crippen LogP contribution in [0.1, 0.15) is 90.2 Å². The Kier molecular flexibility index (Phi) is 11.2. The second kappa shape index (κ2) is 14.2. The predicted molar refractivity (Wildman–Crippen MR) is 173 cm³/mol. The van der Waals surface area contributed by atoms with Crippen molar-refractivity contribution in [2.24, 2.45) is 11.8 Å². The molecular formula is C30H38Br2N2S3. The summed E-state index contributed by atoms with van der Waals surface area (Å²) in [5.41, 5.74) is 7.33. The molecule has 0 N–H and O–H groups in total. The Labute approximate surface area is 251 Å². The standard InChI is InChI=1S/C30H38Br2N2S3/c1-5-9-11-19(7-3)15-21-17-25(35-29(21)31)23-13-14-24(28-27(23)33-37-34-28)26-18-22(30(32)36-26)16-20(8-4)12-10-6-2/h13-14,17-20H,5-12,15-16H2,1-4H3. The van der Waals surface area contributed by atoms with Crippen LogP contribution >= 0.6 is 66.3 Å². The molecule has 0 bridgehead atoms. The van der Waals surface area contributed by atoms with Crippen LogP contribution in [0.15, 0.2) is 31.8 Å². The first-order valence-corrected chi connectivity index (χ1v) is 17.8. The lowest BCUT2D eigenvalue weighted by atomic mass is 9.92. The van der Waals surface area contributed by atoms with E-state index in [1.807, 2.05) is 22.7 Å². The van der Waals surface area contributed by atoms with Gasteiger partial charge in [0.1, 0.15) is 11.0 Å². The molecule has 3 heterocycles. The maximum absolute atomic E-state index is 4.78. The van der Waals surface area contributed by atoms with Gasteiger partial charge in [-0.25, -0.2) is 0 Å². The Balaban J connectivity index is 1.61. The fourth-order valence-corrected chi connectivity index (χ4v) is 9.19. The third-order valence-electron chi connectivity index (χ3n) is 7.56. The Morgan fingerprint density at radius 3 is 1.51 bits per heavy atom. The second-order valence-electron chi connectivity index (χ2n) is 10.2. The summed E-state index contributed by atoms with van der Waals surface area (Å²) in [6.45, 7) is 9.22. The fourth-order valence-electron chi connectivity index (χ4n) is 5.13. The molecular weight excluding hydrogens is 644 g/mol. The molecule has 3 aromatic heterocycles. The van der Waals surface area contributed by atoms with E-state index in [1.165, 1.54) is 103 Å². The van der Waals surface area contributed by atoms with Crippen molar-refractivity contribution in [3.8, 4) is 20.9 Å². The maximum Gasteiger partial charge on any atom is 0.114 e. The zero-order chi connectivity index (χ0) is 26.4. The molecule has 7 heteroatoms. The molecule has 0 saturated carbocycles. The average molecular weight is 683 g/mol. The summed E-state index contributed by atoms with van der Waals surface area (Å²) >= 11 is 12.8. The first-order valence-electron chi connectivity index (χ1n) is 13.8. The number of aromatic nitrogens is 2. The van der Waals surface area contributed by atoms with Gasteiger partial charge in [-0.3, -0.25) is 0 Å². The SMILES string of the molecule is CCCCC(CC)Cc1cc(-c2ccc(-c3cc(CC(CC)CCCC)c(Br)s3)c3nsnc23)sc1Br. The smallest absolute Gasteiger partial charge is 0.114 e. The normalized spacial score (nSPS) is 13.5. The number of nitrogens with zero attached hydrogens (tertiary/aromatic N) is 2. The molecule has 37 heavy (non-hydrogen) atoms. The summed E-state index contributed by atoms with van der Waals surface area (Å²) in [5.74, 6) is 1.51. The Bertz CT molecular complexity index is 1190. The van der Waals surface area contributed by atoms with Gasteiger partial charge in [-0.2, -0.15) is 8.75 Å². The van der Waals surface area contributed by atoms with E-state index < -0.39 is 0 Å². The number of thiophene rings is 2. The molecule has 2 unspecified atom stereocenters. The van der Waals surface area contributed by atoms with Crippen LogP contribution in [0.4, 0.5) is 0 Å². The molecule has 2 atom stereocenters. The van der Waals surface area contributed by atoms with Gasteiger partial charge in [0.15, 0.2) is 0 Å². The molecule has 0 radical (unpaired) electrons. The van der Waals surface area contributed by atoms with E-state index in [2.05, 4.69) is 83.8 Å². The molecule has 1 aromatic carbocycles. The van der Waals surface area contributed by atoms with Crippen molar-refractivity contribution in [3.05, 3.63) is 43.0 Å². The van der Waals surface area contributed by atoms with Gasteiger partial charge in [0.25, 0.3) is 0 Å². The average Bonchev–Trinajstić information content (AvgIpc) is 3.62. The molecule has 0 amide bonds. The number of rotatable bonds is 14. The van der Waals surface area contributed by atoms with Crippen LogP contribution in [0.25, 0.3) is 31.9 Å². The summed E-state index contributed by atoms with van der Waals surface area (Å²) in [6.07, 6.45) is 12.6.